The Morgan fingerprint density at radius 3 is 2.83 bits per heavy atom. The molecule has 1 aliphatic rings. The van der Waals surface area contributed by atoms with Crippen molar-refractivity contribution in [2.45, 2.75) is 13.0 Å². The lowest BCUT2D eigenvalue weighted by Gasteiger charge is -2.17. The molecule has 1 aromatic rings. The molecule has 0 aliphatic carbocycles. The second-order valence-corrected chi connectivity index (χ2v) is 4.30. The van der Waals surface area contributed by atoms with Crippen LogP contribution in [-0.2, 0) is 4.74 Å². The van der Waals surface area contributed by atoms with Crippen molar-refractivity contribution in [2.24, 2.45) is 5.92 Å². The van der Waals surface area contributed by atoms with Crippen LogP contribution in [0.3, 0.4) is 0 Å². The van der Waals surface area contributed by atoms with Crippen molar-refractivity contribution in [1.82, 2.24) is 5.32 Å². The molecule has 0 amide bonds. The van der Waals surface area contributed by atoms with E-state index < -0.39 is 11.6 Å². The molecule has 0 spiro atoms. The zero-order valence-corrected chi connectivity index (χ0v) is 10.1. The molecule has 3 nitrogen and oxygen atoms in total. The van der Waals surface area contributed by atoms with Gasteiger partial charge in [0.25, 0.3) is 0 Å². The van der Waals surface area contributed by atoms with Gasteiger partial charge < -0.3 is 10.1 Å². The smallest absolute Gasteiger partial charge is 0.170 e. The molecular weight excluding hydrogens is 240 g/mol. The highest BCUT2D eigenvalue weighted by Crippen LogP contribution is 2.20. The molecule has 18 heavy (non-hydrogen) atoms. The summed E-state index contributed by atoms with van der Waals surface area (Å²) in [7, 11) is 0. The maximum Gasteiger partial charge on any atom is 0.170 e. The Balaban J connectivity index is 2.17. The van der Waals surface area contributed by atoms with Crippen LogP contribution in [0, 0.1) is 17.6 Å². The Morgan fingerprint density at radius 1 is 1.39 bits per heavy atom. The minimum absolute atomic E-state index is 0.0596. The molecule has 5 heteroatoms. The van der Waals surface area contributed by atoms with Crippen molar-refractivity contribution in [3.05, 3.63) is 35.4 Å². The molecule has 0 radical (unpaired) electrons. The first kappa shape index (κ1) is 13.1. The summed E-state index contributed by atoms with van der Waals surface area (Å²) >= 11 is 0. The van der Waals surface area contributed by atoms with Crippen molar-refractivity contribution in [1.29, 1.82) is 0 Å². The monoisotopic (exact) mass is 255 g/mol. The van der Waals surface area contributed by atoms with E-state index in [2.05, 4.69) is 5.32 Å². The zero-order valence-electron chi connectivity index (χ0n) is 10.1. The molecule has 2 atom stereocenters. The molecule has 1 saturated heterocycles. The lowest BCUT2D eigenvalue weighted by molar-refractivity contribution is 0.0891. The van der Waals surface area contributed by atoms with Crippen molar-refractivity contribution < 1.29 is 18.3 Å². The van der Waals surface area contributed by atoms with Crippen LogP contribution >= 0.6 is 0 Å². The van der Waals surface area contributed by atoms with Gasteiger partial charge in [0.15, 0.2) is 17.4 Å². The van der Waals surface area contributed by atoms with E-state index in [1.807, 2.05) is 6.92 Å². The maximum absolute atomic E-state index is 13.1. The number of carbonyl (C=O) groups excluding carboxylic acids is 1. The Bertz CT molecular complexity index is 451. The van der Waals surface area contributed by atoms with Gasteiger partial charge in [-0.25, -0.2) is 8.78 Å². The molecule has 2 rings (SSSR count). The molecule has 0 saturated carbocycles. The van der Waals surface area contributed by atoms with Gasteiger partial charge in [0, 0.05) is 11.6 Å². The van der Waals surface area contributed by atoms with E-state index in [0.717, 1.165) is 18.7 Å². The molecule has 1 N–H and O–H groups in total. The van der Waals surface area contributed by atoms with Gasteiger partial charge in [0.1, 0.15) is 0 Å². The molecule has 1 aliphatic heterocycles. The number of rotatable bonds is 4. The van der Waals surface area contributed by atoms with Gasteiger partial charge in [0.2, 0.25) is 0 Å². The topological polar surface area (TPSA) is 38.3 Å². The number of carbonyl (C=O) groups is 1. The van der Waals surface area contributed by atoms with Crippen LogP contribution in [0.5, 0.6) is 0 Å². The summed E-state index contributed by atoms with van der Waals surface area (Å²) in [6.45, 7) is 3.45. The maximum atomic E-state index is 13.1. The van der Waals surface area contributed by atoms with Crippen LogP contribution in [0.2, 0.25) is 0 Å². The number of ether oxygens (including phenoxy) is 1. The minimum atomic E-state index is -1.00. The minimum Gasteiger partial charge on any atom is -0.379 e. The fraction of sp³-hybridized carbons (Fsp3) is 0.462. The third-order valence-corrected chi connectivity index (χ3v) is 3.09. The summed E-state index contributed by atoms with van der Waals surface area (Å²) in [6, 6.07) is 3.16. The number of benzene rings is 1. The zero-order chi connectivity index (χ0) is 13.1. The molecule has 2 unspecified atom stereocenters. The Hall–Kier alpha value is -1.33. The summed E-state index contributed by atoms with van der Waals surface area (Å²) in [5.74, 6) is -2.50. The molecule has 98 valence electrons. The van der Waals surface area contributed by atoms with E-state index in [0.29, 0.717) is 13.2 Å². The number of likely N-dealkylation sites (N-methyl/N-ethyl adjacent to an activating group) is 1. The fourth-order valence-corrected chi connectivity index (χ4v) is 2.14. The van der Waals surface area contributed by atoms with Crippen LogP contribution < -0.4 is 5.32 Å². The van der Waals surface area contributed by atoms with Crippen LogP contribution in [-0.4, -0.2) is 31.6 Å². The van der Waals surface area contributed by atoms with Gasteiger partial charge in [-0.05, 0) is 24.7 Å². The Morgan fingerprint density at radius 2 is 2.17 bits per heavy atom. The number of nitrogens with one attached hydrogen (secondary N) is 1. The summed E-state index contributed by atoms with van der Waals surface area (Å²) in [5, 5.41) is 3.16. The number of hydrogen-bond donors (Lipinski definition) is 1. The highest BCUT2D eigenvalue weighted by molar-refractivity contribution is 5.98. The molecule has 0 bridgehead atoms. The molecule has 0 aromatic heterocycles. The van der Waals surface area contributed by atoms with E-state index >= 15 is 0 Å². The van der Waals surface area contributed by atoms with Gasteiger partial charge in [-0.3, -0.25) is 4.79 Å². The van der Waals surface area contributed by atoms with E-state index in [4.69, 9.17) is 4.74 Å². The van der Waals surface area contributed by atoms with Gasteiger partial charge in [-0.15, -0.1) is 0 Å². The summed E-state index contributed by atoms with van der Waals surface area (Å²) in [5.41, 5.74) is 0.187. The third-order valence-electron chi connectivity index (χ3n) is 3.09. The predicted molar refractivity (Wildman–Crippen MR) is 62.5 cm³/mol. The van der Waals surface area contributed by atoms with Crippen molar-refractivity contribution in [2.75, 3.05) is 19.8 Å². The highest BCUT2D eigenvalue weighted by Gasteiger charge is 2.34. The van der Waals surface area contributed by atoms with Gasteiger partial charge in [0.05, 0.1) is 19.1 Å². The standard InChI is InChI=1S/C13H15F2NO2/c1-2-16-12-7-18-6-9(12)13(17)8-3-4-10(14)11(15)5-8/h3-5,9,12,16H,2,6-7H2,1H3. The van der Waals surface area contributed by atoms with Crippen molar-refractivity contribution in [3.63, 3.8) is 0 Å². The van der Waals surface area contributed by atoms with Gasteiger partial charge in [-0.1, -0.05) is 6.92 Å². The molecule has 1 fully saturated rings. The number of halogens is 2. The van der Waals surface area contributed by atoms with E-state index in [1.165, 1.54) is 6.07 Å². The van der Waals surface area contributed by atoms with E-state index in [9.17, 15) is 13.6 Å². The quantitative estimate of drug-likeness (QED) is 0.833. The van der Waals surface area contributed by atoms with Crippen LogP contribution in [0.4, 0.5) is 8.78 Å². The number of ketones is 1. The average molecular weight is 255 g/mol. The van der Waals surface area contributed by atoms with Crippen molar-refractivity contribution >= 4 is 5.78 Å². The van der Waals surface area contributed by atoms with Crippen LogP contribution in [0.15, 0.2) is 18.2 Å². The molecular formula is C13H15F2NO2. The lowest BCUT2D eigenvalue weighted by atomic mass is 9.93. The summed E-state index contributed by atoms with van der Waals surface area (Å²) in [4.78, 5) is 12.2. The first-order valence-corrected chi connectivity index (χ1v) is 5.94. The Kier molecular flexibility index (Phi) is 4.04. The molecule has 1 heterocycles. The fourth-order valence-electron chi connectivity index (χ4n) is 2.14. The summed E-state index contributed by atoms with van der Waals surface area (Å²) in [6.07, 6.45) is 0. The largest absolute Gasteiger partial charge is 0.379 e. The summed E-state index contributed by atoms with van der Waals surface area (Å²) < 4.78 is 31.2. The van der Waals surface area contributed by atoms with Gasteiger partial charge >= 0.3 is 0 Å². The SMILES string of the molecule is CCNC1COCC1C(=O)c1ccc(F)c(F)c1. The van der Waals surface area contributed by atoms with Gasteiger partial charge in [-0.2, -0.15) is 0 Å². The second kappa shape index (κ2) is 5.54. The van der Waals surface area contributed by atoms with Crippen molar-refractivity contribution in [3.8, 4) is 0 Å². The second-order valence-electron chi connectivity index (χ2n) is 4.30. The van der Waals surface area contributed by atoms with Crippen LogP contribution in [0.1, 0.15) is 17.3 Å². The molecule has 1 aromatic carbocycles. The Labute approximate surface area is 104 Å². The van der Waals surface area contributed by atoms with E-state index in [1.54, 1.807) is 0 Å². The first-order valence-electron chi connectivity index (χ1n) is 5.94. The normalized spacial score (nSPS) is 23.3. The number of hydrogen-bond acceptors (Lipinski definition) is 3. The first-order chi connectivity index (χ1) is 8.63. The van der Waals surface area contributed by atoms with E-state index in [-0.39, 0.29) is 23.3 Å². The highest BCUT2D eigenvalue weighted by atomic mass is 19.2. The third kappa shape index (κ3) is 2.57. The lowest BCUT2D eigenvalue weighted by Crippen LogP contribution is -2.39. The average Bonchev–Trinajstić information content (AvgIpc) is 2.80. The predicted octanol–water partition coefficient (Wildman–Crippen LogP) is 1.77. The van der Waals surface area contributed by atoms with Crippen LogP contribution in [0.25, 0.3) is 0 Å². The number of Topliss-reactive ketones (excluding diaryl/α,β-unsaturated/α-hetero) is 1.